The predicted molar refractivity (Wildman–Crippen MR) is 370 cm³/mol. The van der Waals surface area contributed by atoms with Gasteiger partial charge in [-0.15, -0.1) is 0 Å². The van der Waals surface area contributed by atoms with E-state index in [1.165, 1.54) is 379 Å². The third kappa shape index (κ3) is 69.7. The largest absolute Gasteiger partial charge is 0.466 e. The zero-order valence-electron chi connectivity index (χ0n) is 57.4. The summed E-state index contributed by atoms with van der Waals surface area (Å²) in [5.74, 6) is -0.00397. The Morgan fingerprint density at radius 2 is 0.560 bits per heavy atom. The van der Waals surface area contributed by atoms with Crippen molar-refractivity contribution in [1.82, 2.24) is 5.32 Å². The highest BCUT2D eigenvalue weighted by molar-refractivity contribution is 5.76. The van der Waals surface area contributed by atoms with Crippen molar-refractivity contribution in [2.75, 3.05) is 13.2 Å². The number of aliphatic hydroxyl groups excluding tert-OH is 2. The van der Waals surface area contributed by atoms with Crippen molar-refractivity contribution in [3.8, 4) is 0 Å². The van der Waals surface area contributed by atoms with E-state index in [-0.39, 0.29) is 18.5 Å². The van der Waals surface area contributed by atoms with Gasteiger partial charge in [0, 0.05) is 12.8 Å². The molecule has 0 radical (unpaired) electrons. The first-order chi connectivity index (χ1) is 41.5. The van der Waals surface area contributed by atoms with Crippen LogP contribution in [0.5, 0.6) is 0 Å². The van der Waals surface area contributed by atoms with Gasteiger partial charge in [0.25, 0.3) is 0 Å². The van der Waals surface area contributed by atoms with Gasteiger partial charge >= 0.3 is 5.97 Å². The number of unbranched alkanes of at least 4 members (excludes halogenated alkanes) is 61. The molecule has 0 saturated carbocycles. The van der Waals surface area contributed by atoms with Crippen LogP contribution < -0.4 is 5.32 Å². The van der Waals surface area contributed by atoms with E-state index in [2.05, 4.69) is 31.3 Å². The standard InChI is InChI=1S/C78H153NO5/c1-3-5-7-9-11-13-15-17-19-21-40-44-48-52-56-60-64-68-72-78(83)84-73-69-65-61-57-53-49-45-41-37-35-33-31-29-27-25-23-22-24-26-28-30-32-34-36-39-43-47-51-55-59-63-67-71-77(82)79-75(74-80)76(81)70-66-62-58-54-50-46-42-38-20-18-16-14-12-10-8-6-4-2/h25,27,75-76,80-81H,3-24,26,28-74H2,1-2H3,(H,79,82)/b27-25-. The van der Waals surface area contributed by atoms with Crippen LogP contribution in [0.15, 0.2) is 12.2 Å². The summed E-state index contributed by atoms with van der Waals surface area (Å²) >= 11 is 0. The lowest BCUT2D eigenvalue weighted by Gasteiger charge is -2.22. The van der Waals surface area contributed by atoms with E-state index in [4.69, 9.17) is 4.74 Å². The Kier molecular flexibility index (Phi) is 72.8. The molecule has 0 bridgehead atoms. The number of amides is 1. The number of carbonyl (C=O) groups excluding carboxylic acids is 2. The summed E-state index contributed by atoms with van der Waals surface area (Å²) in [6.07, 6.45) is 93.0. The summed E-state index contributed by atoms with van der Waals surface area (Å²) in [6, 6.07) is -0.539. The summed E-state index contributed by atoms with van der Waals surface area (Å²) in [7, 11) is 0. The van der Waals surface area contributed by atoms with E-state index in [1.54, 1.807) is 0 Å². The molecule has 0 spiro atoms. The van der Waals surface area contributed by atoms with Gasteiger partial charge in [0.1, 0.15) is 0 Å². The molecular formula is C78H153NO5. The molecular weight excluding hydrogens is 1030 g/mol. The SMILES string of the molecule is CCCCCCCCCCCCCCCCCCCCC(=O)OCCCCCCCCCCCCCC/C=C\CCCCCCCCCCCCCCCCCCC(=O)NC(CO)C(O)CCCCCCCCCCCCCCCCCCC. The van der Waals surface area contributed by atoms with Crippen molar-refractivity contribution >= 4 is 11.9 Å². The normalized spacial score (nSPS) is 12.5. The smallest absolute Gasteiger partial charge is 0.305 e. The fourth-order valence-electron chi connectivity index (χ4n) is 12.6. The monoisotopic (exact) mass is 1180 g/mol. The first-order valence-electron chi connectivity index (χ1n) is 38.9. The Balaban J connectivity index is 3.33. The van der Waals surface area contributed by atoms with E-state index in [9.17, 15) is 19.8 Å². The predicted octanol–water partition coefficient (Wildman–Crippen LogP) is 25.5. The van der Waals surface area contributed by atoms with Crippen molar-refractivity contribution in [3.05, 3.63) is 12.2 Å². The quantitative estimate of drug-likeness (QED) is 0.0320. The molecule has 0 aliphatic rings. The van der Waals surface area contributed by atoms with Crippen LogP contribution in [0.2, 0.25) is 0 Å². The molecule has 0 aromatic carbocycles. The van der Waals surface area contributed by atoms with E-state index < -0.39 is 12.1 Å². The van der Waals surface area contributed by atoms with E-state index in [0.717, 1.165) is 38.5 Å². The Hall–Kier alpha value is -1.40. The Bertz CT molecular complexity index is 1270. The van der Waals surface area contributed by atoms with E-state index in [1.807, 2.05) is 0 Å². The molecule has 0 aliphatic heterocycles. The van der Waals surface area contributed by atoms with Gasteiger partial charge in [-0.1, -0.05) is 398 Å². The third-order valence-electron chi connectivity index (χ3n) is 18.6. The molecule has 0 aliphatic carbocycles. The molecule has 84 heavy (non-hydrogen) atoms. The topological polar surface area (TPSA) is 95.9 Å². The lowest BCUT2D eigenvalue weighted by atomic mass is 10.0. The minimum absolute atomic E-state index is 0.0239. The van der Waals surface area contributed by atoms with Crippen molar-refractivity contribution in [3.63, 3.8) is 0 Å². The van der Waals surface area contributed by atoms with Crippen LogP contribution in [0.4, 0.5) is 0 Å². The van der Waals surface area contributed by atoms with Gasteiger partial charge in [0.05, 0.1) is 25.4 Å². The fourth-order valence-corrected chi connectivity index (χ4v) is 12.6. The molecule has 6 heteroatoms. The first-order valence-corrected chi connectivity index (χ1v) is 38.9. The van der Waals surface area contributed by atoms with Crippen LogP contribution in [0.1, 0.15) is 450 Å². The number of hydrogen-bond acceptors (Lipinski definition) is 5. The maximum atomic E-state index is 12.5. The van der Waals surface area contributed by atoms with Crippen molar-refractivity contribution in [2.45, 2.75) is 463 Å². The summed E-state index contributed by atoms with van der Waals surface area (Å²) in [4.78, 5) is 24.7. The molecule has 2 atom stereocenters. The van der Waals surface area contributed by atoms with Crippen molar-refractivity contribution < 1.29 is 24.5 Å². The second-order valence-corrected chi connectivity index (χ2v) is 27.0. The van der Waals surface area contributed by atoms with Crippen molar-refractivity contribution in [1.29, 1.82) is 0 Å². The highest BCUT2D eigenvalue weighted by Crippen LogP contribution is 2.20. The summed E-state index contributed by atoms with van der Waals surface area (Å²) in [5, 5.41) is 23.4. The molecule has 500 valence electrons. The number of aliphatic hydroxyl groups is 2. The number of rotatable bonds is 74. The fraction of sp³-hybridized carbons (Fsp3) is 0.949. The van der Waals surface area contributed by atoms with Crippen LogP contribution in [-0.2, 0) is 14.3 Å². The second kappa shape index (κ2) is 74.1. The van der Waals surface area contributed by atoms with Crippen LogP contribution in [0.25, 0.3) is 0 Å². The Morgan fingerprint density at radius 1 is 0.321 bits per heavy atom. The summed E-state index contributed by atoms with van der Waals surface area (Å²) < 4.78 is 5.52. The molecule has 1 amide bonds. The number of nitrogens with one attached hydrogen (secondary N) is 1. The Labute approximate surface area is 527 Å². The summed E-state index contributed by atoms with van der Waals surface area (Å²) in [5.41, 5.74) is 0. The number of ether oxygens (including phenoxy) is 1. The molecule has 0 rings (SSSR count). The Morgan fingerprint density at radius 3 is 0.845 bits per heavy atom. The molecule has 0 saturated heterocycles. The minimum atomic E-state index is -0.662. The van der Waals surface area contributed by atoms with Gasteiger partial charge in [-0.05, 0) is 51.4 Å². The molecule has 0 heterocycles. The van der Waals surface area contributed by atoms with E-state index in [0.29, 0.717) is 25.9 Å². The zero-order valence-corrected chi connectivity index (χ0v) is 57.4. The molecule has 3 N–H and O–H groups in total. The average molecular weight is 1190 g/mol. The number of hydrogen-bond donors (Lipinski definition) is 3. The third-order valence-corrected chi connectivity index (χ3v) is 18.6. The maximum Gasteiger partial charge on any atom is 0.305 e. The van der Waals surface area contributed by atoms with Crippen LogP contribution in [-0.4, -0.2) is 47.4 Å². The molecule has 0 fully saturated rings. The first kappa shape index (κ1) is 82.6. The van der Waals surface area contributed by atoms with Gasteiger partial charge in [0.15, 0.2) is 0 Å². The zero-order chi connectivity index (χ0) is 60.6. The highest BCUT2D eigenvalue weighted by Gasteiger charge is 2.20. The number of carbonyl (C=O) groups is 2. The highest BCUT2D eigenvalue weighted by atomic mass is 16.5. The van der Waals surface area contributed by atoms with Crippen LogP contribution in [0, 0.1) is 0 Å². The average Bonchev–Trinajstić information content (AvgIpc) is 3.51. The van der Waals surface area contributed by atoms with Gasteiger partial charge in [-0.2, -0.15) is 0 Å². The molecule has 0 aromatic heterocycles. The maximum absolute atomic E-state index is 12.5. The summed E-state index contributed by atoms with van der Waals surface area (Å²) in [6.45, 7) is 5.01. The number of allylic oxidation sites excluding steroid dienone is 2. The van der Waals surface area contributed by atoms with Gasteiger partial charge in [0.2, 0.25) is 5.91 Å². The molecule has 0 aromatic rings. The molecule has 6 nitrogen and oxygen atoms in total. The van der Waals surface area contributed by atoms with E-state index >= 15 is 0 Å². The lowest BCUT2D eigenvalue weighted by molar-refractivity contribution is -0.143. The van der Waals surface area contributed by atoms with Crippen LogP contribution >= 0.6 is 0 Å². The van der Waals surface area contributed by atoms with Gasteiger partial charge in [-0.25, -0.2) is 0 Å². The lowest BCUT2D eigenvalue weighted by Crippen LogP contribution is -2.45. The second-order valence-electron chi connectivity index (χ2n) is 27.0. The van der Waals surface area contributed by atoms with Gasteiger partial charge < -0.3 is 20.3 Å². The number of esters is 1. The van der Waals surface area contributed by atoms with Crippen molar-refractivity contribution in [2.24, 2.45) is 0 Å². The minimum Gasteiger partial charge on any atom is -0.466 e. The molecule has 2 unspecified atom stereocenters. The van der Waals surface area contributed by atoms with Crippen LogP contribution in [0.3, 0.4) is 0 Å². The van der Waals surface area contributed by atoms with Gasteiger partial charge in [-0.3, -0.25) is 9.59 Å².